The molecule has 28 heavy (non-hydrogen) atoms. The Bertz CT molecular complexity index is 879. The summed E-state index contributed by atoms with van der Waals surface area (Å²) in [6, 6.07) is 14.4. The molecule has 0 bridgehead atoms. The van der Waals surface area contributed by atoms with Crippen LogP contribution in [0.15, 0.2) is 48.5 Å². The van der Waals surface area contributed by atoms with Gasteiger partial charge in [0.15, 0.2) is 0 Å². The van der Waals surface area contributed by atoms with Crippen molar-refractivity contribution in [1.82, 2.24) is 4.90 Å². The minimum Gasteiger partial charge on any atom is -0.496 e. The van der Waals surface area contributed by atoms with Crippen molar-refractivity contribution in [2.45, 2.75) is 19.9 Å². The highest BCUT2D eigenvalue weighted by atomic mass is 16.5. The summed E-state index contributed by atoms with van der Waals surface area (Å²) in [7, 11) is 1.60. The molecule has 0 saturated carbocycles. The van der Waals surface area contributed by atoms with Crippen LogP contribution in [-0.2, 0) is 20.9 Å². The first-order chi connectivity index (χ1) is 13.5. The van der Waals surface area contributed by atoms with E-state index in [1.807, 2.05) is 24.3 Å². The Balaban J connectivity index is 1.59. The van der Waals surface area contributed by atoms with E-state index in [1.54, 1.807) is 36.3 Å². The van der Waals surface area contributed by atoms with E-state index >= 15 is 0 Å². The number of nitrogens with zero attached hydrogens (tertiary/aromatic N) is 1. The standard InChI is InChI=1S/C21H23N3O4/c1-14(25)22-17-7-9-18(10-8-17)23-21(27)16-11-20(26)24(13-16)12-15-5-3-4-6-19(15)28-2/h3-10,16H,11-13H2,1-2H3,(H,22,25)(H,23,27). The van der Waals surface area contributed by atoms with Crippen LogP contribution in [0.5, 0.6) is 5.75 Å². The SMILES string of the molecule is COc1ccccc1CN1CC(C(=O)Nc2ccc(NC(C)=O)cc2)CC1=O. The minimum absolute atomic E-state index is 0.0490. The molecule has 7 heteroatoms. The molecule has 1 aliphatic rings. The Morgan fingerprint density at radius 3 is 2.36 bits per heavy atom. The number of hydrogen-bond acceptors (Lipinski definition) is 4. The van der Waals surface area contributed by atoms with Gasteiger partial charge in [-0.1, -0.05) is 18.2 Å². The van der Waals surface area contributed by atoms with Crippen LogP contribution in [0.1, 0.15) is 18.9 Å². The van der Waals surface area contributed by atoms with Gasteiger partial charge in [-0.15, -0.1) is 0 Å². The van der Waals surface area contributed by atoms with E-state index in [2.05, 4.69) is 10.6 Å². The highest BCUT2D eigenvalue weighted by Crippen LogP contribution is 2.25. The van der Waals surface area contributed by atoms with E-state index in [9.17, 15) is 14.4 Å². The molecule has 0 aromatic heterocycles. The summed E-state index contributed by atoms with van der Waals surface area (Å²) in [4.78, 5) is 37.7. The molecule has 3 amide bonds. The number of benzene rings is 2. The van der Waals surface area contributed by atoms with Crippen molar-refractivity contribution >= 4 is 29.1 Å². The predicted molar refractivity (Wildman–Crippen MR) is 106 cm³/mol. The van der Waals surface area contributed by atoms with Crippen LogP contribution in [0.2, 0.25) is 0 Å². The molecule has 2 N–H and O–H groups in total. The minimum atomic E-state index is -0.405. The molecule has 2 aromatic carbocycles. The fourth-order valence-corrected chi connectivity index (χ4v) is 3.22. The van der Waals surface area contributed by atoms with Crippen molar-refractivity contribution < 1.29 is 19.1 Å². The molecule has 1 atom stereocenters. The number of likely N-dealkylation sites (tertiary alicyclic amines) is 1. The molecule has 2 aromatic rings. The van der Waals surface area contributed by atoms with Crippen LogP contribution in [0, 0.1) is 5.92 Å². The number of amides is 3. The third-order valence-corrected chi connectivity index (χ3v) is 4.61. The highest BCUT2D eigenvalue weighted by Gasteiger charge is 2.34. The van der Waals surface area contributed by atoms with E-state index in [0.717, 1.165) is 11.3 Å². The quantitative estimate of drug-likeness (QED) is 0.805. The van der Waals surface area contributed by atoms with E-state index < -0.39 is 5.92 Å². The molecule has 1 fully saturated rings. The van der Waals surface area contributed by atoms with Gasteiger partial charge in [0.2, 0.25) is 17.7 Å². The number of carbonyl (C=O) groups excluding carboxylic acids is 3. The third kappa shape index (κ3) is 4.68. The van der Waals surface area contributed by atoms with Crippen LogP contribution < -0.4 is 15.4 Å². The lowest BCUT2D eigenvalue weighted by Crippen LogP contribution is -2.28. The lowest BCUT2D eigenvalue weighted by atomic mass is 10.1. The van der Waals surface area contributed by atoms with Gasteiger partial charge in [-0.05, 0) is 30.3 Å². The third-order valence-electron chi connectivity index (χ3n) is 4.61. The van der Waals surface area contributed by atoms with E-state index in [4.69, 9.17) is 4.74 Å². The molecule has 1 aliphatic heterocycles. The predicted octanol–water partition coefficient (Wildman–Crippen LogP) is 2.64. The van der Waals surface area contributed by atoms with Crippen LogP contribution >= 0.6 is 0 Å². The van der Waals surface area contributed by atoms with Crippen LogP contribution in [0.4, 0.5) is 11.4 Å². The average molecular weight is 381 g/mol. The molecular weight excluding hydrogens is 358 g/mol. The molecule has 1 heterocycles. The van der Waals surface area contributed by atoms with E-state index in [-0.39, 0.29) is 24.1 Å². The molecule has 1 unspecified atom stereocenters. The van der Waals surface area contributed by atoms with Gasteiger partial charge in [0.25, 0.3) is 0 Å². The molecule has 146 valence electrons. The molecule has 7 nitrogen and oxygen atoms in total. The summed E-state index contributed by atoms with van der Waals surface area (Å²) < 4.78 is 5.33. The first kappa shape index (κ1) is 19.4. The lowest BCUT2D eigenvalue weighted by molar-refractivity contribution is -0.128. The highest BCUT2D eigenvalue weighted by molar-refractivity contribution is 5.97. The maximum atomic E-state index is 12.6. The summed E-state index contributed by atoms with van der Waals surface area (Å²) in [6.07, 6.45) is 0.185. The van der Waals surface area contributed by atoms with Gasteiger partial charge in [0.1, 0.15) is 5.75 Å². The number of para-hydroxylation sites is 1. The van der Waals surface area contributed by atoms with Crippen molar-refractivity contribution in [3.63, 3.8) is 0 Å². The molecule has 0 aliphatic carbocycles. The topological polar surface area (TPSA) is 87.7 Å². The Hall–Kier alpha value is -3.35. The summed E-state index contributed by atoms with van der Waals surface area (Å²) in [5.41, 5.74) is 2.19. The number of ether oxygens (including phenoxy) is 1. The largest absolute Gasteiger partial charge is 0.496 e. The zero-order chi connectivity index (χ0) is 20.1. The Morgan fingerprint density at radius 1 is 1.07 bits per heavy atom. The molecule has 3 rings (SSSR count). The number of methoxy groups -OCH3 is 1. The first-order valence-corrected chi connectivity index (χ1v) is 9.04. The normalized spacial score (nSPS) is 16.0. The maximum Gasteiger partial charge on any atom is 0.229 e. The first-order valence-electron chi connectivity index (χ1n) is 9.04. The number of hydrogen-bond donors (Lipinski definition) is 2. The zero-order valence-corrected chi connectivity index (χ0v) is 15.9. The van der Waals surface area contributed by atoms with Gasteiger partial charge in [0, 0.05) is 43.4 Å². The fraction of sp³-hybridized carbons (Fsp3) is 0.286. The van der Waals surface area contributed by atoms with Crippen molar-refractivity contribution in [1.29, 1.82) is 0 Å². The van der Waals surface area contributed by atoms with Gasteiger partial charge in [-0.2, -0.15) is 0 Å². The smallest absolute Gasteiger partial charge is 0.229 e. The monoisotopic (exact) mass is 381 g/mol. The van der Waals surface area contributed by atoms with Gasteiger partial charge in [0.05, 0.1) is 13.0 Å². The van der Waals surface area contributed by atoms with Gasteiger partial charge >= 0.3 is 0 Å². The van der Waals surface area contributed by atoms with Crippen LogP contribution in [-0.4, -0.2) is 36.3 Å². The number of carbonyl (C=O) groups is 3. The molecule has 0 spiro atoms. The fourth-order valence-electron chi connectivity index (χ4n) is 3.22. The van der Waals surface area contributed by atoms with E-state index in [0.29, 0.717) is 24.5 Å². The molecule has 1 saturated heterocycles. The number of rotatable bonds is 6. The second-order valence-corrected chi connectivity index (χ2v) is 6.73. The number of anilines is 2. The van der Waals surface area contributed by atoms with Gasteiger partial charge < -0.3 is 20.3 Å². The Kier molecular flexibility index (Phi) is 5.93. The van der Waals surface area contributed by atoms with Crippen molar-refractivity contribution in [2.24, 2.45) is 5.92 Å². The molecule has 0 radical (unpaired) electrons. The van der Waals surface area contributed by atoms with Crippen molar-refractivity contribution in [3.05, 3.63) is 54.1 Å². The Morgan fingerprint density at radius 2 is 1.71 bits per heavy atom. The van der Waals surface area contributed by atoms with Crippen molar-refractivity contribution in [2.75, 3.05) is 24.3 Å². The second-order valence-electron chi connectivity index (χ2n) is 6.73. The second kappa shape index (κ2) is 8.56. The molecular formula is C21H23N3O4. The average Bonchev–Trinajstić information content (AvgIpc) is 3.04. The maximum absolute atomic E-state index is 12.6. The number of nitrogens with one attached hydrogen (secondary N) is 2. The van der Waals surface area contributed by atoms with Gasteiger partial charge in [-0.3, -0.25) is 14.4 Å². The Labute approximate surface area is 163 Å². The zero-order valence-electron chi connectivity index (χ0n) is 15.9. The summed E-state index contributed by atoms with van der Waals surface area (Å²) in [5.74, 6) is -0.0775. The summed E-state index contributed by atoms with van der Waals surface area (Å²) >= 11 is 0. The summed E-state index contributed by atoms with van der Waals surface area (Å²) in [5, 5.41) is 5.51. The summed E-state index contributed by atoms with van der Waals surface area (Å²) in [6.45, 7) is 2.22. The van der Waals surface area contributed by atoms with Crippen molar-refractivity contribution in [3.8, 4) is 5.75 Å². The lowest BCUT2D eigenvalue weighted by Gasteiger charge is -2.18. The van der Waals surface area contributed by atoms with E-state index in [1.165, 1.54) is 6.92 Å². The van der Waals surface area contributed by atoms with Crippen LogP contribution in [0.3, 0.4) is 0 Å². The van der Waals surface area contributed by atoms with Gasteiger partial charge in [-0.25, -0.2) is 0 Å². The van der Waals surface area contributed by atoms with Crippen LogP contribution in [0.25, 0.3) is 0 Å².